The van der Waals surface area contributed by atoms with E-state index in [0.29, 0.717) is 17.8 Å². The van der Waals surface area contributed by atoms with Crippen LogP contribution >= 0.6 is 0 Å². The standard InChI is InChI=1S/C21H28N6/c1-12-4-9-17(10-13(12)2)24-19-14(3)20(23)26-27-11-18(25-21(19)27)15-5-7-16(22)8-6-15/h4,9-11,15-16,24H,5-8,22H2,1-3H3,(H2,23,26)/t15-,16-. The highest BCUT2D eigenvalue weighted by atomic mass is 15.3. The van der Waals surface area contributed by atoms with E-state index in [1.165, 1.54) is 11.1 Å². The van der Waals surface area contributed by atoms with E-state index in [1.807, 2.05) is 17.6 Å². The molecule has 6 nitrogen and oxygen atoms in total. The molecular formula is C21H28N6. The first kappa shape index (κ1) is 17.8. The van der Waals surface area contributed by atoms with Gasteiger partial charge in [0.15, 0.2) is 5.65 Å². The number of nitrogens with two attached hydrogens (primary N) is 2. The van der Waals surface area contributed by atoms with E-state index in [-0.39, 0.29) is 0 Å². The van der Waals surface area contributed by atoms with Crippen LogP contribution in [0.4, 0.5) is 17.2 Å². The van der Waals surface area contributed by atoms with Gasteiger partial charge < -0.3 is 16.8 Å². The Morgan fingerprint density at radius 2 is 1.81 bits per heavy atom. The zero-order valence-electron chi connectivity index (χ0n) is 16.3. The Morgan fingerprint density at radius 1 is 1.07 bits per heavy atom. The van der Waals surface area contributed by atoms with Crippen LogP contribution in [0.1, 0.15) is 54.0 Å². The fourth-order valence-corrected chi connectivity index (χ4v) is 3.85. The summed E-state index contributed by atoms with van der Waals surface area (Å²) in [5.74, 6) is 0.964. The molecule has 0 aliphatic heterocycles. The number of nitrogens with zero attached hydrogens (tertiary/aromatic N) is 3. The van der Waals surface area contributed by atoms with Crippen LogP contribution in [0.5, 0.6) is 0 Å². The number of fused-ring (bicyclic) bond motifs is 1. The largest absolute Gasteiger partial charge is 0.382 e. The van der Waals surface area contributed by atoms with Gasteiger partial charge >= 0.3 is 0 Å². The van der Waals surface area contributed by atoms with Gasteiger partial charge in [0.25, 0.3) is 0 Å². The quantitative estimate of drug-likeness (QED) is 0.654. The second-order valence-electron chi connectivity index (χ2n) is 7.85. The number of imidazole rings is 1. The lowest BCUT2D eigenvalue weighted by Crippen LogP contribution is -2.25. The molecule has 5 N–H and O–H groups in total. The van der Waals surface area contributed by atoms with E-state index in [9.17, 15) is 0 Å². The Kier molecular flexibility index (Phi) is 4.52. The minimum atomic E-state index is 0.330. The van der Waals surface area contributed by atoms with Crippen LogP contribution in [0.2, 0.25) is 0 Å². The number of benzene rings is 1. The highest BCUT2D eigenvalue weighted by Crippen LogP contribution is 2.34. The molecule has 0 bridgehead atoms. The Bertz CT molecular complexity index is 982. The number of nitrogen functional groups attached to an aromatic ring is 1. The minimum absolute atomic E-state index is 0.330. The smallest absolute Gasteiger partial charge is 0.177 e. The summed E-state index contributed by atoms with van der Waals surface area (Å²) in [7, 11) is 0. The van der Waals surface area contributed by atoms with E-state index in [4.69, 9.17) is 16.5 Å². The highest BCUT2D eigenvalue weighted by molar-refractivity contribution is 5.80. The molecule has 27 heavy (non-hydrogen) atoms. The van der Waals surface area contributed by atoms with Crippen LogP contribution < -0.4 is 16.8 Å². The van der Waals surface area contributed by atoms with Gasteiger partial charge in [0, 0.05) is 23.2 Å². The van der Waals surface area contributed by atoms with Crippen molar-refractivity contribution in [3.63, 3.8) is 0 Å². The van der Waals surface area contributed by atoms with Crippen molar-refractivity contribution in [2.24, 2.45) is 5.73 Å². The fourth-order valence-electron chi connectivity index (χ4n) is 3.85. The molecule has 0 amide bonds. The summed E-state index contributed by atoms with van der Waals surface area (Å²) in [6, 6.07) is 6.68. The summed E-state index contributed by atoms with van der Waals surface area (Å²) in [5.41, 5.74) is 19.5. The molecule has 2 heterocycles. The average molecular weight is 364 g/mol. The predicted octanol–water partition coefficient (Wildman–Crippen LogP) is 3.97. The van der Waals surface area contributed by atoms with E-state index >= 15 is 0 Å². The Morgan fingerprint density at radius 3 is 2.52 bits per heavy atom. The predicted molar refractivity (Wildman–Crippen MR) is 111 cm³/mol. The normalized spacial score (nSPS) is 20.1. The SMILES string of the molecule is Cc1ccc(Nc2c(C)c(N)nn3cc([C@H]4CC[C@H](N)CC4)nc23)cc1C. The van der Waals surface area contributed by atoms with E-state index in [2.05, 4.69) is 42.5 Å². The molecule has 0 unspecified atom stereocenters. The average Bonchev–Trinajstić information content (AvgIpc) is 3.06. The Balaban J connectivity index is 1.74. The third-order valence-corrected chi connectivity index (χ3v) is 5.87. The number of anilines is 3. The van der Waals surface area contributed by atoms with Crippen LogP contribution in [0.15, 0.2) is 24.4 Å². The van der Waals surface area contributed by atoms with Crippen LogP contribution in [0, 0.1) is 20.8 Å². The van der Waals surface area contributed by atoms with Gasteiger partial charge in [-0.2, -0.15) is 0 Å². The molecule has 1 saturated carbocycles. The summed E-state index contributed by atoms with van der Waals surface area (Å²) in [6.45, 7) is 6.22. The first-order valence-electron chi connectivity index (χ1n) is 9.67. The molecular weight excluding hydrogens is 336 g/mol. The highest BCUT2D eigenvalue weighted by Gasteiger charge is 2.23. The van der Waals surface area contributed by atoms with Gasteiger partial charge in [0.05, 0.1) is 17.6 Å². The molecule has 142 valence electrons. The number of hydrogen-bond acceptors (Lipinski definition) is 5. The van der Waals surface area contributed by atoms with Crippen LogP contribution in [0.25, 0.3) is 5.65 Å². The molecule has 1 aliphatic carbocycles. The minimum Gasteiger partial charge on any atom is -0.382 e. The first-order valence-corrected chi connectivity index (χ1v) is 9.67. The molecule has 1 aliphatic rings. The molecule has 1 aromatic carbocycles. The van der Waals surface area contributed by atoms with Gasteiger partial charge in [-0.1, -0.05) is 6.07 Å². The van der Waals surface area contributed by atoms with Crippen molar-refractivity contribution in [1.82, 2.24) is 14.6 Å². The van der Waals surface area contributed by atoms with E-state index in [1.54, 1.807) is 0 Å². The molecule has 1 fully saturated rings. The third-order valence-electron chi connectivity index (χ3n) is 5.87. The van der Waals surface area contributed by atoms with Gasteiger partial charge in [0.1, 0.15) is 5.82 Å². The number of aryl methyl sites for hydroxylation is 2. The summed E-state index contributed by atoms with van der Waals surface area (Å²) in [5, 5.41) is 8.03. The van der Waals surface area contributed by atoms with Gasteiger partial charge in [-0.05, 0) is 69.7 Å². The van der Waals surface area contributed by atoms with E-state index in [0.717, 1.165) is 54.0 Å². The van der Waals surface area contributed by atoms with Crippen molar-refractivity contribution in [3.05, 3.63) is 46.8 Å². The number of hydrogen-bond donors (Lipinski definition) is 3. The van der Waals surface area contributed by atoms with Gasteiger partial charge in [-0.15, -0.1) is 5.10 Å². The zero-order valence-corrected chi connectivity index (χ0v) is 16.3. The molecule has 6 heteroatoms. The van der Waals surface area contributed by atoms with Crippen LogP contribution in [-0.4, -0.2) is 20.6 Å². The van der Waals surface area contributed by atoms with Crippen molar-refractivity contribution in [2.75, 3.05) is 11.1 Å². The maximum absolute atomic E-state index is 6.18. The maximum Gasteiger partial charge on any atom is 0.177 e. The van der Waals surface area contributed by atoms with Gasteiger partial charge in [0.2, 0.25) is 0 Å². The molecule has 4 rings (SSSR count). The van der Waals surface area contributed by atoms with Crippen LogP contribution in [0.3, 0.4) is 0 Å². The molecule has 0 atom stereocenters. The number of aromatic nitrogens is 3. The van der Waals surface area contributed by atoms with Crippen molar-refractivity contribution in [2.45, 2.75) is 58.4 Å². The van der Waals surface area contributed by atoms with Crippen molar-refractivity contribution in [1.29, 1.82) is 0 Å². The lowest BCUT2D eigenvalue weighted by molar-refractivity contribution is 0.391. The summed E-state index contributed by atoms with van der Waals surface area (Å²) in [6.07, 6.45) is 6.30. The second-order valence-corrected chi connectivity index (χ2v) is 7.85. The number of nitrogens with one attached hydrogen (secondary N) is 1. The first-order chi connectivity index (χ1) is 12.9. The van der Waals surface area contributed by atoms with Crippen molar-refractivity contribution >= 4 is 22.8 Å². The molecule has 0 spiro atoms. The second kappa shape index (κ2) is 6.85. The molecule has 0 radical (unpaired) electrons. The molecule has 0 saturated heterocycles. The third kappa shape index (κ3) is 3.37. The Hall–Kier alpha value is -2.60. The van der Waals surface area contributed by atoms with Gasteiger partial charge in [-0.25, -0.2) is 9.50 Å². The summed E-state index contributed by atoms with van der Waals surface area (Å²) >= 11 is 0. The van der Waals surface area contributed by atoms with Gasteiger partial charge in [-0.3, -0.25) is 0 Å². The Labute approximate surface area is 160 Å². The lowest BCUT2D eigenvalue weighted by Gasteiger charge is -2.24. The maximum atomic E-state index is 6.18. The van der Waals surface area contributed by atoms with Crippen LogP contribution in [-0.2, 0) is 0 Å². The zero-order chi connectivity index (χ0) is 19.1. The monoisotopic (exact) mass is 364 g/mol. The molecule has 2 aromatic heterocycles. The summed E-state index contributed by atoms with van der Waals surface area (Å²) in [4.78, 5) is 4.94. The van der Waals surface area contributed by atoms with Crippen molar-refractivity contribution < 1.29 is 0 Å². The lowest BCUT2D eigenvalue weighted by atomic mass is 9.85. The summed E-state index contributed by atoms with van der Waals surface area (Å²) < 4.78 is 1.82. The fraction of sp³-hybridized carbons (Fsp3) is 0.429. The topological polar surface area (TPSA) is 94.3 Å². The number of rotatable bonds is 3. The van der Waals surface area contributed by atoms with E-state index < -0.39 is 0 Å². The molecule has 3 aromatic rings. The van der Waals surface area contributed by atoms with Crippen molar-refractivity contribution in [3.8, 4) is 0 Å².